The number of rotatable bonds is 28. The van der Waals surface area contributed by atoms with Crippen molar-refractivity contribution in [1.82, 2.24) is 21.0 Å². The van der Waals surface area contributed by atoms with Crippen LogP contribution < -0.4 is 45.6 Å². The Morgan fingerprint density at radius 3 is 1.20 bits per heavy atom. The van der Waals surface area contributed by atoms with Gasteiger partial charge in [-0.05, 0) is 35.1 Å². The van der Waals surface area contributed by atoms with E-state index in [0.29, 0.717) is 19.5 Å². The molecule has 272 valence electrons. The van der Waals surface area contributed by atoms with Crippen LogP contribution in [0.1, 0.15) is 139 Å². The first-order valence-corrected chi connectivity index (χ1v) is 18.9. The minimum Gasteiger partial charge on any atom is -0.877 e. The van der Waals surface area contributed by atoms with Crippen molar-refractivity contribution >= 4 is 11.8 Å². The van der Waals surface area contributed by atoms with Crippen LogP contribution >= 0.6 is 0 Å². The second kappa shape index (κ2) is 27.4. The van der Waals surface area contributed by atoms with Gasteiger partial charge < -0.3 is 5.11 Å². The van der Waals surface area contributed by atoms with Gasteiger partial charge in [0.05, 0.1) is 31.9 Å². The van der Waals surface area contributed by atoms with Crippen LogP contribution in [0.15, 0.2) is 60.4 Å². The number of hydrogen-bond acceptors (Lipinski definition) is 7. The summed E-state index contributed by atoms with van der Waals surface area (Å²) in [4.78, 5) is 37.3. The first kappa shape index (κ1) is 43.9. The number of hydroxylamine groups is 2. The van der Waals surface area contributed by atoms with Crippen LogP contribution in [0.3, 0.4) is 0 Å². The Labute approximate surface area is 323 Å². The minimum absolute atomic E-state index is 0. The van der Waals surface area contributed by atoms with E-state index in [-0.39, 0.29) is 48.2 Å². The third-order valence-corrected chi connectivity index (χ3v) is 9.00. The van der Waals surface area contributed by atoms with E-state index in [9.17, 15) is 14.7 Å². The first-order valence-electron chi connectivity index (χ1n) is 18.9. The molecule has 2 amide bonds. The Hall–Kier alpha value is -2.24. The second-order valence-electron chi connectivity index (χ2n) is 13.2. The predicted octanol–water partition coefficient (Wildman–Crippen LogP) is 4.54. The maximum absolute atomic E-state index is 13.0. The van der Waals surface area contributed by atoms with Gasteiger partial charge in [0.15, 0.2) is 0 Å². The largest absolute Gasteiger partial charge is 1.00 e. The van der Waals surface area contributed by atoms with Crippen molar-refractivity contribution in [2.24, 2.45) is 0 Å². The molecular formula is C40H61N4NaO5. The normalized spacial score (nSPS) is 13.0. The molecule has 1 saturated heterocycles. The van der Waals surface area contributed by atoms with Gasteiger partial charge in [0.1, 0.15) is 0 Å². The first-order chi connectivity index (χ1) is 24.1. The summed E-state index contributed by atoms with van der Waals surface area (Å²) >= 11 is 0. The molecule has 1 aliphatic rings. The number of hydrazine groups is 1. The number of amides is 2. The zero-order valence-electron chi connectivity index (χ0n) is 31.2. The van der Waals surface area contributed by atoms with Gasteiger partial charge in [-0.3, -0.25) is 19.3 Å². The summed E-state index contributed by atoms with van der Waals surface area (Å²) in [5.41, 5.74) is 9.46. The average Bonchev–Trinajstić information content (AvgIpc) is 3.33. The van der Waals surface area contributed by atoms with Crippen LogP contribution in [-0.4, -0.2) is 34.9 Å². The van der Waals surface area contributed by atoms with Crippen LogP contribution in [0, 0.1) is 0 Å². The van der Waals surface area contributed by atoms with Crippen molar-refractivity contribution in [2.45, 2.75) is 143 Å². The number of unbranched alkanes of at least 4 members (excludes halogenated alkanes) is 14. The molecule has 0 aliphatic carbocycles. The molecule has 2 aromatic rings. The molecule has 9 nitrogen and oxygen atoms in total. The molecule has 0 spiro atoms. The second-order valence-corrected chi connectivity index (χ2v) is 13.2. The van der Waals surface area contributed by atoms with Gasteiger partial charge in [0.2, 0.25) is 0 Å². The van der Waals surface area contributed by atoms with E-state index < -0.39 is 11.8 Å². The quantitative estimate of drug-likeness (QED) is 0.0336. The van der Waals surface area contributed by atoms with Crippen molar-refractivity contribution in [1.29, 1.82) is 0 Å². The summed E-state index contributed by atoms with van der Waals surface area (Å²) < 4.78 is 0. The summed E-state index contributed by atoms with van der Waals surface area (Å²) in [6.07, 6.45) is 20.8. The molecule has 0 radical (unpaired) electrons. The number of carbonyl (C=O) groups excluding carboxylic acids is 2. The van der Waals surface area contributed by atoms with E-state index in [1.807, 2.05) is 48.5 Å². The number of hydrogen-bond donors (Lipinski definition) is 2. The molecule has 2 N–H and O–H groups in total. The topological polar surface area (TPSA) is 106 Å². The smallest absolute Gasteiger partial charge is 0.877 e. The standard InChI is InChI=1S/C40H62N4O5.Na/c1-3-5-7-9-11-13-15-17-27-41-48-32-36-23-19-34(20-24-36)29-43-39(46)38(31-45)40(47)44(43)30-35-21-25-37(26-22-35)33-49-42-28-18-16-14-12-10-8-6-4-2;/h19-26,31,41-42,45H,3-18,27-30,32-33H2,1-2H3;/q;+1/p-1. The third-order valence-electron chi connectivity index (χ3n) is 9.00. The van der Waals surface area contributed by atoms with Crippen LogP contribution in [0.5, 0.6) is 0 Å². The van der Waals surface area contributed by atoms with E-state index in [4.69, 9.17) is 9.68 Å². The van der Waals surface area contributed by atoms with Crippen LogP contribution in [0.25, 0.3) is 0 Å². The molecule has 1 fully saturated rings. The Balaban J connectivity index is 0.00000867. The van der Waals surface area contributed by atoms with Gasteiger partial charge in [-0.25, -0.2) is 21.0 Å². The zero-order valence-corrected chi connectivity index (χ0v) is 33.2. The average molecular weight is 701 g/mol. The van der Waals surface area contributed by atoms with Crippen molar-refractivity contribution < 1.29 is 53.9 Å². The molecule has 0 aromatic heterocycles. The zero-order chi connectivity index (χ0) is 34.9. The molecule has 0 unspecified atom stereocenters. The number of carbonyl (C=O) groups is 2. The minimum atomic E-state index is -0.579. The summed E-state index contributed by atoms with van der Waals surface area (Å²) in [5, 5.41) is 14.3. The Morgan fingerprint density at radius 1 is 0.540 bits per heavy atom. The summed E-state index contributed by atoms with van der Waals surface area (Å²) in [7, 11) is 0. The molecule has 10 heteroatoms. The van der Waals surface area contributed by atoms with Crippen LogP contribution in [0.4, 0.5) is 0 Å². The monoisotopic (exact) mass is 700 g/mol. The van der Waals surface area contributed by atoms with E-state index in [1.165, 1.54) is 99.9 Å². The molecule has 0 bridgehead atoms. The molecule has 2 aromatic carbocycles. The van der Waals surface area contributed by atoms with E-state index in [1.54, 1.807) is 0 Å². The van der Waals surface area contributed by atoms with E-state index in [0.717, 1.165) is 48.2 Å². The van der Waals surface area contributed by atoms with Gasteiger partial charge in [-0.2, -0.15) is 0 Å². The predicted molar refractivity (Wildman–Crippen MR) is 193 cm³/mol. The number of nitrogens with one attached hydrogen (secondary N) is 2. The molecule has 0 atom stereocenters. The third kappa shape index (κ3) is 16.9. The summed E-state index contributed by atoms with van der Waals surface area (Å²) in [6.45, 7) is 7.37. The Bertz CT molecular complexity index is 1130. The van der Waals surface area contributed by atoms with Crippen molar-refractivity contribution in [3.63, 3.8) is 0 Å². The van der Waals surface area contributed by atoms with Gasteiger partial charge in [0, 0.05) is 13.1 Å². The van der Waals surface area contributed by atoms with Crippen LogP contribution in [0.2, 0.25) is 0 Å². The Morgan fingerprint density at radius 2 is 0.860 bits per heavy atom. The van der Waals surface area contributed by atoms with Crippen molar-refractivity contribution in [3.05, 3.63) is 82.6 Å². The van der Waals surface area contributed by atoms with E-state index in [2.05, 4.69) is 24.8 Å². The van der Waals surface area contributed by atoms with E-state index >= 15 is 0 Å². The molecule has 1 aliphatic heterocycles. The molecule has 1 heterocycles. The summed E-state index contributed by atoms with van der Waals surface area (Å²) in [5.74, 6) is -1.16. The molecule has 3 rings (SSSR count). The fraction of sp³-hybridized carbons (Fsp3) is 0.600. The maximum atomic E-state index is 13.0. The number of benzene rings is 2. The summed E-state index contributed by atoms with van der Waals surface area (Å²) in [6, 6.07) is 15.5. The fourth-order valence-electron chi connectivity index (χ4n) is 5.91. The molecular weight excluding hydrogens is 639 g/mol. The van der Waals surface area contributed by atoms with Crippen molar-refractivity contribution in [3.8, 4) is 0 Å². The maximum Gasteiger partial charge on any atom is 1.00 e. The van der Waals surface area contributed by atoms with Gasteiger partial charge in [-0.15, -0.1) is 6.26 Å². The van der Waals surface area contributed by atoms with Crippen LogP contribution in [-0.2, 0) is 45.6 Å². The fourth-order valence-corrected chi connectivity index (χ4v) is 5.91. The SMILES string of the molecule is CCCCCCCCCCNOCc1ccc(CN2C(=O)C(=C[O-])C(=O)N2Cc2ccc(CONCCCCCCCCCC)cc2)cc1.[Na+]. The molecule has 0 saturated carbocycles. The molecule has 50 heavy (non-hydrogen) atoms. The number of nitrogens with zero attached hydrogens (tertiary/aromatic N) is 2. The Kier molecular flexibility index (Phi) is 24.1. The van der Waals surface area contributed by atoms with Gasteiger partial charge >= 0.3 is 29.6 Å². The van der Waals surface area contributed by atoms with Gasteiger partial charge in [-0.1, -0.05) is 152 Å². The van der Waals surface area contributed by atoms with Crippen molar-refractivity contribution in [2.75, 3.05) is 13.1 Å². The van der Waals surface area contributed by atoms with Gasteiger partial charge in [0.25, 0.3) is 11.8 Å².